The largest absolute Gasteiger partial charge is 0.466 e. The topological polar surface area (TPSA) is 39.2 Å². The van der Waals surface area contributed by atoms with Crippen LogP contribution in [0, 0.1) is 0 Å². The lowest BCUT2D eigenvalue weighted by atomic mass is 10.3. The summed E-state index contributed by atoms with van der Waals surface area (Å²) in [5, 5.41) is 0.824. The molecule has 0 spiro atoms. The summed E-state index contributed by atoms with van der Waals surface area (Å²) in [4.78, 5) is 0. The van der Waals surface area contributed by atoms with Crippen LogP contribution in [0.1, 0.15) is 37.5 Å². The van der Waals surface area contributed by atoms with E-state index in [-0.39, 0.29) is 6.04 Å². The van der Waals surface area contributed by atoms with Gasteiger partial charge in [-0.2, -0.15) is 11.8 Å². The van der Waals surface area contributed by atoms with Gasteiger partial charge in [-0.15, -0.1) is 0 Å². The van der Waals surface area contributed by atoms with Gasteiger partial charge in [-0.05, 0) is 34.8 Å². The molecule has 0 aliphatic heterocycles. The molecule has 1 atom stereocenters. The lowest BCUT2D eigenvalue weighted by Crippen LogP contribution is -2.14. The fraction of sp³-hybridized carbons (Fsp3) is 0.636. The molecule has 1 heterocycles. The first kappa shape index (κ1) is 11.6. The molecule has 0 aromatic carbocycles. The quantitative estimate of drug-likeness (QED) is 0.918. The van der Waals surface area contributed by atoms with Crippen molar-refractivity contribution < 1.29 is 4.42 Å². The SMILES string of the molecule is NC(CSC1CCCC1)c1occc1Br. The van der Waals surface area contributed by atoms with Crippen molar-refractivity contribution >= 4 is 27.7 Å². The predicted octanol–water partition coefficient (Wildman–Crippen LogP) is 3.72. The summed E-state index contributed by atoms with van der Waals surface area (Å²) in [5.41, 5.74) is 6.07. The van der Waals surface area contributed by atoms with Crippen LogP contribution in [0.5, 0.6) is 0 Å². The molecule has 4 heteroatoms. The van der Waals surface area contributed by atoms with Crippen molar-refractivity contribution in [2.24, 2.45) is 5.73 Å². The van der Waals surface area contributed by atoms with Gasteiger partial charge in [0.15, 0.2) is 0 Å². The van der Waals surface area contributed by atoms with Crippen LogP contribution >= 0.6 is 27.7 Å². The van der Waals surface area contributed by atoms with Crippen LogP contribution < -0.4 is 5.73 Å². The van der Waals surface area contributed by atoms with E-state index in [2.05, 4.69) is 15.9 Å². The van der Waals surface area contributed by atoms with Gasteiger partial charge >= 0.3 is 0 Å². The maximum Gasteiger partial charge on any atom is 0.135 e. The maximum absolute atomic E-state index is 6.07. The molecule has 1 aromatic heterocycles. The normalized spacial score (nSPS) is 19.6. The molecule has 15 heavy (non-hydrogen) atoms. The summed E-state index contributed by atoms with van der Waals surface area (Å²) >= 11 is 5.43. The predicted molar refractivity (Wildman–Crippen MR) is 68.1 cm³/mol. The molecule has 0 radical (unpaired) electrons. The van der Waals surface area contributed by atoms with Crippen molar-refractivity contribution in [1.29, 1.82) is 0 Å². The average Bonchev–Trinajstić information content (AvgIpc) is 2.84. The average molecular weight is 290 g/mol. The molecule has 1 aromatic rings. The van der Waals surface area contributed by atoms with Gasteiger partial charge in [0.2, 0.25) is 0 Å². The fourth-order valence-corrected chi connectivity index (χ4v) is 3.73. The minimum atomic E-state index is 0.0139. The molecule has 2 N–H and O–H groups in total. The second-order valence-electron chi connectivity index (χ2n) is 3.98. The van der Waals surface area contributed by atoms with Gasteiger partial charge in [-0.25, -0.2) is 0 Å². The Morgan fingerprint density at radius 3 is 2.87 bits per heavy atom. The summed E-state index contributed by atoms with van der Waals surface area (Å²) in [6.45, 7) is 0. The zero-order chi connectivity index (χ0) is 10.7. The van der Waals surface area contributed by atoms with E-state index < -0.39 is 0 Å². The van der Waals surface area contributed by atoms with Crippen molar-refractivity contribution in [3.05, 3.63) is 22.6 Å². The third kappa shape index (κ3) is 3.02. The fourth-order valence-electron chi connectivity index (χ4n) is 1.94. The second kappa shape index (κ2) is 5.41. The summed E-state index contributed by atoms with van der Waals surface area (Å²) in [6, 6.07) is 1.91. The Bertz CT molecular complexity index is 309. The van der Waals surface area contributed by atoms with Crippen molar-refractivity contribution in [3.8, 4) is 0 Å². The van der Waals surface area contributed by atoms with E-state index in [0.29, 0.717) is 0 Å². The minimum absolute atomic E-state index is 0.0139. The number of hydrogen-bond acceptors (Lipinski definition) is 3. The van der Waals surface area contributed by atoms with Crippen LogP contribution in [0.2, 0.25) is 0 Å². The van der Waals surface area contributed by atoms with Crippen LogP contribution in [0.3, 0.4) is 0 Å². The van der Waals surface area contributed by atoms with Gasteiger partial charge in [0.05, 0.1) is 16.8 Å². The van der Waals surface area contributed by atoms with Crippen LogP contribution in [0.25, 0.3) is 0 Å². The lowest BCUT2D eigenvalue weighted by molar-refractivity contribution is 0.480. The minimum Gasteiger partial charge on any atom is -0.466 e. The van der Waals surface area contributed by atoms with Gasteiger partial charge < -0.3 is 10.2 Å². The van der Waals surface area contributed by atoms with Gasteiger partial charge in [0.1, 0.15) is 5.76 Å². The standard InChI is InChI=1S/C11H16BrNOS/c12-9-5-6-14-11(9)10(13)7-15-8-3-1-2-4-8/h5-6,8,10H,1-4,7,13H2. The molecule has 1 fully saturated rings. The number of nitrogens with two attached hydrogens (primary N) is 1. The highest BCUT2D eigenvalue weighted by Crippen LogP contribution is 2.33. The molecule has 1 unspecified atom stereocenters. The van der Waals surface area contributed by atoms with E-state index in [0.717, 1.165) is 21.2 Å². The summed E-state index contributed by atoms with van der Waals surface area (Å²) in [7, 11) is 0. The Kier molecular flexibility index (Phi) is 4.17. The second-order valence-corrected chi connectivity index (χ2v) is 6.17. The smallest absolute Gasteiger partial charge is 0.135 e. The highest BCUT2D eigenvalue weighted by Gasteiger charge is 2.19. The van der Waals surface area contributed by atoms with Gasteiger partial charge in [0, 0.05) is 11.0 Å². The number of furan rings is 1. The third-order valence-corrected chi connectivity index (χ3v) is 4.94. The Morgan fingerprint density at radius 2 is 2.27 bits per heavy atom. The Balaban J connectivity index is 1.81. The molecule has 84 valence electrons. The molecule has 1 aliphatic rings. The van der Waals surface area contributed by atoms with Crippen molar-refractivity contribution in [2.75, 3.05) is 5.75 Å². The van der Waals surface area contributed by atoms with Gasteiger partial charge in [-0.1, -0.05) is 12.8 Å². The molecule has 0 bridgehead atoms. The number of thioether (sulfide) groups is 1. The van der Waals surface area contributed by atoms with E-state index >= 15 is 0 Å². The van der Waals surface area contributed by atoms with Crippen molar-refractivity contribution in [2.45, 2.75) is 37.0 Å². The van der Waals surface area contributed by atoms with Crippen LogP contribution in [0.4, 0.5) is 0 Å². The van der Waals surface area contributed by atoms with Crippen molar-refractivity contribution in [3.63, 3.8) is 0 Å². The zero-order valence-corrected chi connectivity index (χ0v) is 11.0. The molecular weight excluding hydrogens is 274 g/mol. The summed E-state index contributed by atoms with van der Waals surface area (Å²) in [5.74, 6) is 1.83. The number of hydrogen-bond donors (Lipinski definition) is 1. The van der Waals surface area contributed by atoms with E-state index in [4.69, 9.17) is 10.2 Å². The van der Waals surface area contributed by atoms with E-state index in [1.165, 1.54) is 25.7 Å². The molecule has 1 aliphatic carbocycles. The lowest BCUT2D eigenvalue weighted by Gasteiger charge is -2.13. The van der Waals surface area contributed by atoms with E-state index in [1.807, 2.05) is 17.8 Å². The molecule has 2 nitrogen and oxygen atoms in total. The first-order valence-corrected chi connectivity index (χ1v) is 7.21. The molecule has 0 saturated heterocycles. The first-order chi connectivity index (χ1) is 7.27. The molecule has 0 amide bonds. The van der Waals surface area contributed by atoms with Gasteiger partial charge in [-0.3, -0.25) is 0 Å². The van der Waals surface area contributed by atoms with Crippen LogP contribution in [0.15, 0.2) is 21.2 Å². The Morgan fingerprint density at radius 1 is 1.53 bits per heavy atom. The molecular formula is C11H16BrNOS. The highest BCUT2D eigenvalue weighted by atomic mass is 79.9. The zero-order valence-electron chi connectivity index (χ0n) is 8.62. The van der Waals surface area contributed by atoms with E-state index in [9.17, 15) is 0 Å². The van der Waals surface area contributed by atoms with Crippen LogP contribution in [-0.2, 0) is 0 Å². The van der Waals surface area contributed by atoms with E-state index in [1.54, 1.807) is 6.26 Å². The molecule has 2 rings (SSSR count). The highest BCUT2D eigenvalue weighted by molar-refractivity contribution is 9.10. The summed E-state index contributed by atoms with van der Waals surface area (Å²) < 4.78 is 6.34. The number of halogens is 1. The van der Waals surface area contributed by atoms with Gasteiger partial charge in [0.25, 0.3) is 0 Å². The number of rotatable bonds is 4. The Hall–Kier alpha value is 0.0700. The van der Waals surface area contributed by atoms with Crippen LogP contribution in [-0.4, -0.2) is 11.0 Å². The molecule has 1 saturated carbocycles. The summed E-state index contributed by atoms with van der Waals surface area (Å²) in [6.07, 6.45) is 7.17. The monoisotopic (exact) mass is 289 g/mol. The first-order valence-electron chi connectivity index (χ1n) is 5.37. The Labute approximate surface area is 103 Å². The maximum atomic E-state index is 6.07. The van der Waals surface area contributed by atoms with Crippen molar-refractivity contribution in [1.82, 2.24) is 0 Å². The third-order valence-electron chi connectivity index (χ3n) is 2.80.